The molecule has 1 aliphatic heterocycles. The Kier molecular flexibility index (Phi) is 5.08. The summed E-state index contributed by atoms with van der Waals surface area (Å²) in [7, 11) is 1.53. The number of anilines is 1. The third-order valence-corrected chi connectivity index (χ3v) is 3.54. The molecule has 1 fully saturated rings. The third-order valence-electron chi connectivity index (χ3n) is 3.54. The van der Waals surface area contributed by atoms with Crippen molar-refractivity contribution in [3.8, 4) is 11.5 Å². The Bertz CT molecular complexity index is 561. The standard InChI is InChI=1S/C15H20N2O5/c1-3-22-12-5-4-11(8-13(12)21-2)16-15(20)17-7-6-10(9-17)14(18)19/h4-5,8,10H,3,6-7,9H2,1-2H3,(H,16,20)(H,18,19). The van der Waals surface area contributed by atoms with Gasteiger partial charge in [-0.25, -0.2) is 4.79 Å². The molecule has 22 heavy (non-hydrogen) atoms. The van der Waals surface area contributed by atoms with Crippen LogP contribution >= 0.6 is 0 Å². The fraction of sp³-hybridized carbons (Fsp3) is 0.467. The van der Waals surface area contributed by atoms with Crippen LogP contribution in [-0.4, -0.2) is 48.8 Å². The predicted molar refractivity (Wildman–Crippen MR) is 80.5 cm³/mol. The number of carbonyl (C=O) groups excluding carboxylic acids is 1. The van der Waals surface area contributed by atoms with Crippen molar-refractivity contribution in [1.82, 2.24) is 4.90 Å². The van der Waals surface area contributed by atoms with Crippen LogP contribution < -0.4 is 14.8 Å². The molecule has 7 heteroatoms. The molecule has 0 radical (unpaired) electrons. The minimum Gasteiger partial charge on any atom is -0.493 e. The summed E-state index contributed by atoms with van der Waals surface area (Å²) < 4.78 is 10.6. The summed E-state index contributed by atoms with van der Waals surface area (Å²) in [5.41, 5.74) is 0.573. The molecule has 1 aromatic carbocycles. The van der Waals surface area contributed by atoms with Crippen LogP contribution in [0.4, 0.5) is 10.5 Å². The predicted octanol–water partition coefficient (Wildman–Crippen LogP) is 2.03. The van der Waals surface area contributed by atoms with E-state index in [4.69, 9.17) is 14.6 Å². The average Bonchev–Trinajstić information content (AvgIpc) is 2.99. The minimum atomic E-state index is -0.863. The maximum Gasteiger partial charge on any atom is 0.321 e. The summed E-state index contributed by atoms with van der Waals surface area (Å²) in [6.07, 6.45) is 0.482. The van der Waals surface area contributed by atoms with Crippen LogP contribution in [0.15, 0.2) is 18.2 Å². The summed E-state index contributed by atoms with van der Waals surface area (Å²) in [5.74, 6) is -0.210. The maximum atomic E-state index is 12.1. The number of aliphatic carboxylic acids is 1. The Labute approximate surface area is 128 Å². The number of ether oxygens (including phenoxy) is 2. The fourth-order valence-corrected chi connectivity index (χ4v) is 2.37. The van der Waals surface area contributed by atoms with Crippen molar-refractivity contribution in [3.05, 3.63) is 18.2 Å². The molecule has 0 aliphatic carbocycles. The largest absolute Gasteiger partial charge is 0.493 e. The normalized spacial score (nSPS) is 17.2. The Hall–Kier alpha value is -2.44. The van der Waals surface area contributed by atoms with E-state index in [2.05, 4.69) is 5.32 Å². The molecule has 2 amide bonds. The summed E-state index contributed by atoms with van der Waals surface area (Å²) in [5, 5.41) is 11.7. The van der Waals surface area contributed by atoms with Gasteiger partial charge in [0.05, 0.1) is 19.6 Å². The van der Waals surface area contributed by atoms with Gasteiger partial charge in [0.15, 0.2) is 11.5 Å². The van der Waals surface area contributed by atoms with Gasteiger partial charge in [-0.15, -0.1) is 0 Å². The number of nitrogens with zero attached hydrogens (tertiary/aromatic N) is 1. The number of carboxylic acid groups (broad SMARTS) is 1. The molecule has 0 bridgehead atoms. The number of urea groups is 1. The lowest BCUT2D eigenvalue weighted by Gasteiger charge is -2.17. The molecule has 2 rings (SSSR count). The number of carboxylic acids is 1. The van der Waals surface area contributed by atoms with Gasteiger partial charge in [0.1, 0.15) is 0 Å². The molecule has 1 atom stereocenters. The van der Waals surface area contributed by atoms with Gasteiger partial charge in [-0.2, -0.15) is 0 Å². The molecule has 1 heterocycles. The molecule has 2 N–H and O–H groups in total. The topological polar surface area (TPSA) is 88.1 Å². The number of carbonyl (C=O) groups is 2. The van der Waals surface area contributed by atoms with Crippen molar-refractivity contribution in [2.75, 3.05) is 32.1 Å². The van der Waals surface area contributed by atoms with Crippen molar-refractivity contribution in [3.63, 3.8) is 0 Å². The van der Waals surface area contributed by atoms with E-state index in [1.807, 2.05) is 6.92 Å². The third kappa shape index (κ3) is 3.60. The first-order valence-electron chi connectivity index (χ1n) is 7.14. The Morgan fingerprint density at radius 1 is 1.41 bits per heavy atom. The molecule has 1 saturated heterocycles. The fourth-order valence-electron chi connectivity index (χ4n) is 2.37. The lowest BCUT2D eigenvalue weighted by atomic mass is 10.1. The zero-order valence-corrected chi connectivity index (χ0v) is 12.7. The molecule has 0 spiro atoms. The second-order valence-electron chi connectivity index (χ2n) is 5.00. The van der Waals surface area contributed by atoms with Crippen molar-refractivity contribution in [2.24, 2.45) is 5.92 Å². The minimum absolute atomic E-state index is 0.231. The van der Waals surface area contributed by atoms with Crippen LogP contribution in [0.5, 0.6) is 11.5 Å². The highest BCUT2D eigenvalue weighted by atomic mass is 16.5. The van der Waals surface area contributed by atoms with Crippen molar-refractivity contribution in [1.29, 1.82) is 0 Å². The van der Waals surface area contributed by atoms with Crippen molar-refractivity contribution in [2.45, 2.75) is 13.3 Å². The average molecular weight is 308 g/mol. The number of methoxy groups -OCH3 is 1. The summed E-state index contributed by atoms with van der Waals surface area (Å²) in [4.78, 5) is 24.6. The van der Waals surface area contributed by atoms with Gasteiger partial charge in [0, 0.05) is 24.8 Å². The number of likely N-dealkylation sites (tertiary alicyclic amines) is 1. The zero-order chi connectivity index (χ0) is 16.1. The second-order valence-corrected chi connectivity index (χ2v) is 5.00. The molecule has 0 aromatic heterocycles. The Balaban J connectivity index is 2.01. The quantitative estimate of drug-likeness (QED) is 0.869. The first-order valence-corrected chi connectivity index (χ1v) is 7.14. The van der Waals surface area contributed by atoms with Gasteiger partial charge < -0.3 is 24.8 Å². The molecular formula is C15H20N2O5. The smallest absolute Gasteiger partial charge is 0.321 e. The molecule has 120 valence electrons. The number of hydrogen-bond donors (Lipinski definition) is 2. The highest BCUT2D eigenvalue weighted by Crippen LogP contribution is 2.30. The van der Waals surface area contributed by atoms with E-state index in [1.165, 1.54) is 12.0 Å². The summed E-state index contributed by atoms with van der Waals surface area (Å²) >= 11 is 0. The van der Waals surface area contributed by atoms with Crippen LogP contribution in [-0.2, 0) is 4.79 Å². The van der Waals surface area contributed by atoms with Gasteiger partial charge in [0.2, 0.25) is 0 Å². The maximum absolute atomic E-state index is 12.1. The molecular weight excluding hydrogens is 288 g/mol. The molecule has 1 aromatic rings. The van der Waals surface area contributed by atoms with Crippen molar-refractivity contribution < 1.29 is 24.2 Å². The molecule has 0 saturated carbocycles. The molecule has 1 unspecified atom stereocenters. The van der Waals surface area contributed by atoms with Crippen LogP contribution in [0.1, 0.15) is 13.3 Å². The SMILES string of the molecule is CCOc1ccc(NC(=O)N2CCC(C(=O)O)C2)cc1OC. The lowest BCUT2D eigenvalue weighted by molar-refractivity contribution is -0.141. The van der Waals surface area contributed by atoms with E-state index < -0.39 is 11.9 Å². The van der Waals surface area contributed by atoms with E-state index in [-0.39, 0.29) is 12.6 Å². The summed E-state index contributed by atoms with van der Waals surface area (Å²) in [6.45, 7) is 3.07. The van der Waals surface area contributed by atoms with Gasteiger partial charge in [-0.05, 0) is 25.5 Å². The lowest BCUT2D eigenvalue weighted by Crippen LogP contribution is -2.33. The van der Waals surface area contributed by atoms with E-state index in [1.54, 1.807) is 18.2 Å². The van der Waals surface area contributed by atoms with E-state index in [0.29, 0.717) is 36.8 Å². The van der Waals surface area contributed by atoms with Gasteiger partial charge in [-0.1, -0.05) is 0 Å². The number of amides is 2. The molecule has 1 aliphatic rings. The highest BCUT2D eigenvalue weighted by Gasteiger charge is 2.30. The van der Waals surface area contributed by atoms with Crippen LogP contribution in [0.3, 0.4) is 0 Å². The molecule has 7 nitrogen and oxygen atoms in total. The van der Waals surface area contributed by atoms with Gasteiger partial charge >= 0.3 is 12.0 Å². The Morgan fingerprint density at radius 2 is 2.18 bits per heavy atom. The number of nitrogens with one attached hydrogen (secondary N) is 1. The van der Waals surface area contributed by atoms with Crippen LogP contribution in [0, 0.1) is 5.92 Å². The second kappa shape index (κ2) is 7.02. The number of rotatable bonds is 5. The Morgan fingerprint density at radius 3 is 2.77 bits per heavy atom. The number of benzene rings is 1. The monoisotopic (exact) mass is 308 g/mol. The van der Waals surface area contributed by atoms with E-state index >= 15 is 0 Å². The summed E-state index contributed by atoms with van der Waals surface area (Å²) in [6, 6.07) is 4.81. The first-order chi connectivity index (χ1) is 10.5. The van der Waals surface area contributed by atoms with Gasteiger partial charge in [0.25, 0.3) is 0 Å². The first kappa shape index (κ1) is 15.9. The van der Waals surface area contributed by atoms with E-state index in [0.717, 1.165) is 0 Å². The highest BCUT2D eigenvalue weighted by molar-refractivity contribution is 5.90. The van der Waals surface area contributed by atoms with Gasteiger partial charge in [-0.3, -0.25) is 4.79 Å². The van der Waals surface area contributed by atoms with E-state index in [9.17, 15) is 9.59 Å². The van der Waals surface area contributed by atoms with Crippen LogP contribution in [0.25, 0.3) is 0 Å². The number of hydrogen-bond acceptors (Lipinski definition) is 4. The zero-order valence-electron chi connectivity index (χ0n) is 12.7. The van der Waals surface area contributed by atoms with Crippen molar-refractivity contribution >= 4 is 17.7 Å². The van der Waals surface area contributed by atoms with Crippen LogP contribution in [0.2, 0.25) is 0 Å².